The van der Waals surface area contributed by atoms with Crippen LogP contribution in [0, 0.1) is 0 Å². The molecule has 0 atom stereocenters. The monoisotopic (exact) mass is 126 g/mol. The molecule has 0 aromatic carbocycles. The summed E-state index contributed by atoms with van der Waals surface area (Å²) in [5.41, 5.74) is 1.08. The molecule has 3 nitrogen and oxygen atoms in total. The van der Waals surface area contributed by atoms with Crippen LogP contribution in [0.25, 0.3) is 0 Å². The normalized spacial score (nSPS) is 10.0. The van der Waals surface area contributed by atoms with Crippen molar-refractivity contribution in [2.24, 2.45) is 7.05 Å². The van der Waals surface area contributed by atoms with Crippen LogP contribution >= 0.6 is 0 Å². The first-order valence-electron chi connectivity index (χ1n) is 2.91. The summed E-state index contributed by atoms with van der Waals surface area (Å²) >= 11 is 0. The summed E-state index contributed by atoms with van der Waals surface area (Å²) in [5, 5.41) is 12.4. The fourth-order valence-electron chi connectivity index (χ4n) is 0.730. The lowest BCUT2D eigenvalue weighted by Crippen LogP contribution is -1.88. The van der Waals surface area contributed by atoms with Crippen molar-refractivity contribution in [3.8, 4) is 0 Å². The van der Waals surface area contributed by atoms with Crippen molar-refractivity contribution < 1.29 is 5.11 Å². The van der Waals surface area contributed by atoms with E-state index in [1.165, 1.54) is 0 Å². The average molecular weight is 126 g/mol. The minimum absolute atomic E-state index is 0.200. The highest BCUT2D eigenvalue weighted by molar-refractivity contribution is 5.03. The standard InChI is InChI=1S/C6H10N2O/c1-8-5-6(2-3-9)4-7-8/h4-5,9H,2-3H2,1H3. The van der Waals surface area contributed by atoms with Crippen LogP contribution in [-0.4, -0.2) is 21.5 Å². The zero-order valence-electron chi connectivity index (χ0n) is 5.41. The van der Waals surface area contributed by atoms with Gasteiger partial charge < -0.3 is 5.11 Å². The van der Waals surface area contributed by atoms with Gasteiger partial charge in [0.25, 0.3) is 0 Å². The molecule has 0 unspecified atom stereocenters. The van der Waals surface area contributed by atoms with Crippen molar-refractivity contribution in [3.05, 3.63) is 18.0 Å². The molecular formula is C6H10N2O. The van der Waals surface area contributed by atoms with E-state index in [-0.39, 0.29) is 6.61 Å². The number of hydrogen-bond acceptors (Lipinski definition) is 2. The van der Waals surface area contributed by atoms with Crippen LogP contribution in [0.15, 0.2) is 12.4 Å². The van der Waals surface area contributed by atoms with Crippen molar-refractivity contribution >= 4 is 0 Å². The van der Waals surface area contributed by atoms with Crippen molar-refractivity contribution in [1.29, 1.82) is 0 Å². The Balaban J connectivity index is 2.61. The SMILES string of the molecule is Cn1cc(CCO)cn1. The molecule has 50 valence electrons. The zero-order valence-corrected chi connectivity index (χ0v) is 5.41. The lowest BCUT2D eigenvalue weighted by molar-refractivity contribution is 0.299. The first-order chi connectivity index (χ1) is 4.33. The molecule has 1 aromatic rings. The molecule has 3 heteroatoms. The van der Waals surface area contributed by atoms with Gasteiger partial charge in [-0.25, -0.2) is 0 Å². The first-order valence-corrected chi connectivity index (χ1v) is 2.91. The molecule has 0 fully saturated rings. The molecule has 1 heterocycles. The highest BCUT2D eigenvalue weighted by atomic mass is 16.2. The largest absolute Gasteiger partial charge is 0.396 e. The van der Waals surface area contributed by atoms with E-state index in [9.17, 15) is 0 Å². The highest BCUT2D eigenvalue weighted by Gasteiger charge is 1.91. The number of rotatable bonds is 2. The Morgan fingerprint density at radius 1 is 1.78 bits per heavy atom. The summed E-state index contributed by atoms with van der Waals surface area (Å²) in [4.78, 5) is 0. The number of aliphatic hydroxyl groups excluding tert-OH is 1. The van der Waals surface area contributed by atoms with Gasteiger partial charge in [0.05, 0.1) is 6.20 Å². The Morgan fingerprint density at radius 3 is 3.00 bits per heavy atom. The van der Waals surface area contributed by atoms with Gasteiger partial charge in [-0.1, -0.05) is 0 Å². The van der Waals surface area contributed by atoms with Gasteiger partial charge in [-0.3, -0.25) is 4.68 Å². The molecule has 1 N–H and O–H groups in total. The Hall–Kier alpha value is -0.830. The van der Waals surface area contributed by atoms with E-state index < -0.39 is 0 Å². The molecule has 0 aliphatic heterocycles. The van der Waals surface area contributed by atoms with Crippen LogP contribution in [0.3, 0.4) is 0 Å². The summed E-state index contributed by atoms with van der Waals surface area (Å²) in [7, 11) is 1.86. The van der Waals surface area contributed by atoms with E-state index >= 15 is 0 Å². The van der Waals surface area contributed by atoms with Gasteiger partial charge >= 0.3 is 0 Å². The number of aromatic nitrogens is 2. The van der Waals surface area contributed by atoms with E-state index in [4.69, 9.17) is 5.11 Å². The third-order valence-corrected chi connectivity index (χ3v) is 1.16. The molecule has 9 heavy (non-hydrogen) atoms. The smallest absolute Gasteiger partial charge is 0.0522 e. The minimum Gasteiger partial charge on any atom is -0.396 e. The van der Waals surface area contributed by atoms with Gasteiger partial charge in [-0.05, 0) is 12.0 Å². The molecule has 0 saturated heterocycles. The second-order valence-electron chi connectivity index (χ2n) is 2.00. The molecule has 1 aromatic heterocycles. The molecule has 0 saturated carbocycles. The minimum atomic E-state index is 0.200. The van der Waals surface area contributed by atoms with Crippen LogP contribution in [-0.2, 0) is 13.5 Å². The quantitative estimate of drug-likeness (QED) is 0.603. The Kier molecular flexibility index (Phi) is 1.85. The van der Waals surface area contributed by atoms with Crippen LogP contribution < -0.4 is 0 Å². The van der Waals surface area contributed by atoms with Crippen molar-refractivity contribution in [2.75, 3.05) is 6.61 Å². The summed E-state index contributed by atoms with van der Waals surface area (Å²) in [6, 6.07) is 0. The lowest BCUT2D eigenvalue weighted by Gasteiger charge is -1.86. The Bertz CT molecular complexity index is 183. The molecule has 0 aliphatic carbocycles. The number of aliphatic hydroxyl groups is 1. The molecule has 0 amide bonds. The molecule has 1 rings (SSSR count). The van der Waals surface area contributed by atoms with E-state index in [0.717, 1.165) is 5.56 Å². The third kappa shape index (κ3) is 1.54. The van der Waals surface area contributed by atoms with Crippen LogP contribution in [0.1, 0.15) is 5.56 Å². The van der Waals surface area contributed by atoms with Crippen molar-refractivity contribution in [2.45, 2.75) is 6.42 Å². The second-order valence-corrected chi connectivity index (χ2v) is 2.00. The molecular weight excluding hydrogens is 116 g/mol. The van der Waals surface area contributed by atoms with E-state index in [2.05, 4.69) is 5.10 Å². The second kappa shape index (κ2) is 2.64. The molecule has 0 radical (unpaired) electrons. The molecule has 0 bridgehead atoms. The predicted octanol–water partition coefficient (Wildman–Crippen LogP) is -0.0451. The maximum absolute atomic E-state index is 8.49. The number of aryl methyl sites for hydroxylation is 1. The van der Waals surface area contributed by atoms with Crippen molar-refractivity contribution in [3.63, 3.8) is 0 Å². The summed E-state index contributed by atoms with van der Waals surface area (Å²) < 4.78 is 1.73. The van der Waals surface area contributed by atoms with Gasteiger partial charge in [-0.2, -0.15) is 5.10 Å². The Labute approximate surface area is 53.9 Å². The number of nitrogens with zero attached hydrogens (tertiary/aromatic N) is 2. The van der Waals surface area contributed by atoms with E-state index in [0.29, 0.717) is 6.42 Å². The lowest BCUT2D eigenvalue weighted by atomic mass is 10.3. The van der Waals surface area contributed by atoms with E-state index in [1.807, 2.05) is 13.2 Å². The summed E-state index contributed by atoms with van der Waals surface area (Å²) in [6.45, 7) is 0.200. The topological polar surface area (TPSA) is 38.0 Å². The van der Waals surface area contributed by atoms with Gasteiger partial charge in [0, 0.05) is 19.9 Å². The van der Waals surface area contributed by atoms with Crippen LogP contribution in [0.2, 0.25) is 0 Å². The zero-order chi connectivity index (χ0) is 6.69. The average Bonchev–Trinajstić information content (AvgIpc) is 2.17. The molecule has 0 spiro atoms. The summed E-state index contributed by atoms with van der Waals surface area (Å²) in [5.74, 6) is 0. The summed E-state index contributed by atoms with van der Waals surface area (Å²) in [6.07, 6.45) is 4.36. The Morgan fingerprint density at radius 2 is 2.56 bits per heavy atom. The first kappa shape index (κ1) is 6.29. The van der Waals surface area contributed by atoms with Crippen LogP contribution in [0.4, 0.5) is 0 Å². The maximum Gasteiger partial charge on any atom is 0.0522 e. The van der Waals surface area contributed by atoms with Gasteiger partial charge in [0.15, 0.2) is 0 Å². The predicted molar refractivity (Wildman–Crippen MR) is 34.0 cm³/mol. The van der Waals surface area contributed by atoms with Crippen LogP contribution in [0.5, 0.6) is 0 Å². The highest BCUT2D eigenvalue weighted by Crippen LogP contribution is 1.95. The maximum atomic E-state index is 8.49. The van der Waals surface area contributed by atoms with Gasteiger partial charge in [0.2, 0.25) is 0 Å². The fraction of sp³-hybridized carbons (Fsp3) is 0.500. The number of hydrogen-bond donors (Lipinski definition) is 1. The molecule has 0 aliphatic rings. The third-order valence-electron chi connectivity index (χ3n) is 1.16. The van der Waals surface area contributed by atoms with Gasteiger partial charge in [0.1, 0.15) is 0 Å². The van der Waals surface area contributed by atoms with Crippen molar-refractivity contribution in [1.82, 2.24) is 9.78 Å². The van der Waals surface area contributed by atoms with E-state index in [1.54, 1.807) is 10.9 Å². The fourth-order valence-corrected chi connectivity index (χ4v) is 0.730. The van der Waals surface area contributed by atoms with Gasteiger partial charge in [-0.15, -0.1) is 0 Å².